The van der Waals surface area contributed by atoms with E-state index in [1.165, 1.54) is 0 Å². The van der Waals surface area contributed by atoms with Gasteiger partial charge in [0.05, 0.1) is 24.7 Å². The van der Waals surface area contributed by atoms with E-state index in [2.05, 4.69) is 10.3 Å². The quantitative estimate of drug-likeness (QED) is 0.699. The Labute approximate surface area is 107 Å². The number of hydrogen-bond donors (Lipinski definition) is 3. The molecule has 0 aliphatic carbocycles. The fourth-order valence-electron chi connectivity index (χ4n) is 1.62. The number of aliphatic hydroxyl groups excluding tert-OH is 1. The van der Waals surface area contributed by atoms with Crippen molar-refractivity contribution >= 4 is 5.91 Å². The molecule has 0 aliphatic heterocycles. The van der Waals surface area contributed by atoms with E-state index in [4.69, 9.17) is 10.8 Å². The van der Waals surface area contributed by atoms with E-state index >= 15 is 0 Å². The van der Waals surface area contributed by atoms with Crippen LogP contribution >= 0.6 is 0 Å². The van der Waals surface area contributed by atoms with Crippen LogP contribution in [0.4, 0.5) is 0 Å². The molecule has 0 saturated heterocycles. The molecule has 0 bridgehead atoms. The number of nitrogens with two attached hydrogens (primary N) is 1. The normalized spacial score (nSPS) is 13.4. The number of rotatable bonds is 5. The minimum absolute atomic E-state index is 0.0141. The van der Waals surface area contributed by atoms with Crippen LogP contribution in [0, 0.1) is 0 Å². The van der Waals surface area contributed by atoms with Gasteiger partial charge in [-0.2, -0.15) is 0 Å². The maximum atomic E-state index is 11.7. The van der Waals surface area contributed by atoms with Gasteiger partial charge >= 0.3 is 0 Å². The van der Waals surface area contributed by atoms with Crippen molar-refractivity contribution in [2.75, 3.05) is 6.61 Å². The highest BCUT2D eigenvalue weighted by atomic mass is 16.3. The van der Waals surface area contributed by atoms with Crippen LogP contribution in [0.5, 0.6) is 0 Å². The van der Waals surface area contributed by atoms with Gasteiger partial charge in [-0.1, -0.05) is 0 Å². The van der Waals surface area contributed by atoms with Crippen LogP contribution in [0.1, 0.15) is 38.9 Å². The molecule has 1 amide bonds. The van der Waals surface area contributed by atoms with E-state index in [1.54, 1.807) is 17.1 Å². The number of carbonyl (C=O) groups is 1. The molecule has 1 aromatic heterocycles. The second-order valence-corrected chi connectivity index (χ2v) is 5.35. The van der Waals surface area contributed by atoms with E-state index in [0.717, 1.165) is 5.69 Å². The lowest BCUT2D eigenvalue weighted by Crippen LogP contribution is -2.40. The summed E-state index contributed by atoms with van der Waals surface area (Å²) in [5.41, 5.74) is 6.25. The molecular formula is C12H22N4O2. The zero-order chi connectivity index (χ0) is 13.8. The van der Waals surface area contributed by atoms with E-state index < -0.39 is 6.04 Å². The van der Waals surface area contributed by atoms with Crippen LogP contribution < -0.4 is 11.1 Å². The molecule has 18 heavy (non-hydrogen) atoms. The summed E-state index contributed by atoms with van der Waals surface area (Å²) in [6, 6.07) is -0.460. The Morgan fingerprint density at radius 3 is 2.83 bits per heavy atom. The van der Waals surface area contributed by atoms with E-state index in [-0.39, 0.29) is 18.1 Å². The predicted octanol–water partition coefficient (Wildman–Crippen LogP) is 0.180. The highest BCUT2D eigenvalue weighted by Gasteiger charge is 2.15. The number of nitrogens with one attached hydrogen (secondary N) is 1. The maximum Gasteiger partial charge on any atom is 0.222 e. The minimum atomic E-state index is -0.460. The molecule has 6 heteroatoms. The maximum absolute atomic E-state index is 11.7. The third-order valence-electron chi connectivity index (χ3n) is 2.42. The van der Waals surface area contributed by atoms with Crippen molar-refractivity contribution < 1.29 is 9.90 Å². The number of imidazole rings is 1. The molecule has 4 N–H and O–H groups in total. The Bertz CT molecular complexity index is 395. The van der Waals surface area contributed by atoms with Gasteiger partial charge in [0.15, 0.2) is 0 Å². The van der Waals surface area contributed by atoms with Gasteiger partial charge in [0.2, 0.25) is 5.91 Å². The van der Waals surface area contributed by atoms with Gasteiger partial charge in [-0.15, -0.1) is 0 Å². The Morgan fingerprint density at radius 2 is 2.28 bits per heavy atom. The van der Waals surface area contributed by atoms with Crippen LogP contribution in [0.2, 0.25) is 0 Å². The first-order valence-electron chi connectivity index (χ1n) is 6.01. The van der Waals surface area contributed by atoms with Crippen molar-refractivity contribution in [1.82, 2.24) is 14.9 Å². The van der Waals surface area contributed by atoms with Crippen LogP contribution in [-0.4, -0.2) is 32.7 Å². The lowest BCUT2D eigenvalue weighted by atomic mass is 10.1. The number of hydrogen-bond acceptors (Lipinski definition) is 4. The molecule has 1 heterocycles. The summed E-state index contributed by atoms with van der Waals surface area (Å²) in [6.07, 6.45) is 3.59. The molecule has 0 aromatic carbocycles. The van der Waals surface area contributed by atoms with Crippen molar-refractivity contribution in [3.8, 4) is 0 Å². The average molecular weight is 254 g/mol. The fraction of sp³-hybridized carbons (Fsp3) is 0.667. The third-order valence-corrected chi connectivity index (χ3v) is 2.42. The summed E-state index contributed by atoms with van der Waals surface area (Å²) in [7, 11) is 0. The summed E-state index contributed by atoms with van der Waals surface area (Å²) >= 11 is 0. The summed E-state index contributed by atoms with van der Waals surface area (Å²) in [5, 5.41) is 11.9. The van der Waals surface area contributed by atoms with Crippen molar-refractivity contribution in [2.24, 2.45) is 5.73 Å². The highest BCUT2D eigenvalue weighted by molar-refractivity contribution is 5.76. The molecule has 6 nitrogen and oxygen atoms in total. The van der Waals surface area contributed by atoms with Gasteiger partial charge in [0, 0.05) is 24.7 Å². The second kappa shape index (κ2) is 5.97. The smallest absolute Gasteiger partial charge is 0.222 e. The van der Waals surface area contributed by atoms with Crippen LogP contribution in [0.3, 0.4) is 0 Å². The molecule has 0 saturated carbocycles. The lowest BCUT2D eigenvalue weighted by Gasteiger charge is -2.20. The zero-order valence-corrected chi connectivity index (χ0v) is 11.2. The topological polar surface area (TPSA) is 93.2 Å². The monoisotopic (exact) mass is 254 g/mol. The molecule has 0 fully saturated rings. The van der Waals surface area contributed by atoms with E-state index in [0.29, 0.717) is 13.0 Å². The highest BCUT2D eigenvalue weighted by Crippen LogP contribution is 2.09. The van der Waals surface area contributed by atoms with Gasteiger partial charge in [0.1, 0.15) is 0 Å². The largest absolute Gasteiger partial charge is 0.394 e. The first-order valence-corrected chi connectivity index (χ1v) is 6.01. The summed E-state index contributed by atoms with van der Waals surface area (Å²) in [5.74, 6) is -0.0141. The Kier molecular flexibility index (Phi) is 4.86. The standard InChI is InChI=1S/C12H22N4O2/c1-12(2,3)15-11(18)4-5-16-8-14-6-10(16)9(13)7-17/h6,8-9,17H,4-5,7,13H2,1-3H3,(H,15,18). The molecule has 102 valence electrons. The number of carbonyl (C=O) groups excluding carboxylic acids is 1. The molecule has 1 rings (SSSR count). The first kappa shape index (κ1) is 14.7. The van der Waals surface area contributed by atoms with Gasteiger partial charge in [-0.05, 0) is 20.8 Å². The predicted molar refractivity (Wildman–Crippen MR) is 68.8 cm³/mol. The van der Waals surface area contributed by atoms with Crippen molar-refractivity contribution in [3.05, 3.63) is 18.2 Å². The number of amides is 1. The Hall–Kier alpha value is -1.40. The number of aliphatic hydroxyl groups is 1. The molecule has 0 aliphatic rings. The van der Waals surface area contributed by atoms with Gasteiger partial charge in [0.25, 0.3) is 0 Å². The molecular weight excluding hydrogens is 232 g/mol. The lowest BCUT2D eigenvalue weighted by molar-refractivity contribution is -0.122. The number of nitrogens with zero attached hydrogens (tertiary/aromatic N) is 2. The number of aryl methyl sites for hydroxylation is 1. The van der Waals surface area contributed by atoms with E-state index in [9.17, 15) is 4.79 Å². The van der Waals surface area contributed by atoms with Gasteiger partial charge in [-0.3, -0.25) is 4.79 Å². The van der Waals surface area contributed by atoms with Crippen molar-refractivity contribution in [2.45, 2.75) is 45.3 Å². The Morgan fingerprint density at radius 1 is 1.61 bits per heavy atom. The molecule has 1 unspecified atom stereocenters. The van der Waals surface area contributed by atoms with Gasteiger partial charge < -0.3 is 20.7 Å². The number of aromatic nitrogens is 2. The van der Waals surface area contributed by atoms with Crippen LogP contribution in [0.15, 0.2) is 12.5 Å². The van der Waals surface area contributed by atoms with Crippen molar-refractivity contribution in [1.29, 1.82) is 0 Å². The second-order valence-electron chi connectivity index (χ2n) is 5.35. The minimum Gasteiger partial charge on any atom is -0.394 e. The van der Waals surface area contributed by atoms with Gasteiger partial charge in [-0.25, -0.2) is 4.98 Å². The molecule has 1 aromatic rings. The third kappa shape index (κ3) is 4.46. The first-order chi connectivity index (χ1) is 8.33. The molecule has 0 spiro atoms. The van der Waals surface area contributed by atoms with Crippen LogP contribution in [0.25, 0.3) is 0 Å². The molecule has 0 radical (unpaired) electrons. The summed E-state index contributed by atoms with van der Waals surface area (Å²) < 4.78 is 1.79. The Balaban J connectivity index is 2.54. The molecule has 1 atom stereocenters. The average Bonchev–Trinajstić information content (AvgIpc) is 2.71. The fourth-order valence-corrected chi connectivity index (χ4v) is 1.62. The summed E-state index contributed by atoms with van der Waals surface area (Å²) in [6.45, 7) is 6.19. The van der Waals surface area contributed by atoms with Crippen LogP contribution in [-0.2, 0) is 11.3 Å². The van der Waals surface area contributed by atoms with E-state index in [1.807, 2.05) is 20.8 Å². The summed E-state index contributed by atoms with van der Waals surface area (Å²) in [4.78, 5) is 15.7. The van der Waals surface area contributed by atoms with Crippen molar-refractivity contribution in [3.63, 3.8) is 0 Å². The zero-order valence-electron chi connectivity index (χ0n) is 11.2. The SMILES string of the molecule is CC(C)(C)NC(=O)CCn1cncc1C(N)CO.